The molecule has 0 spiro atoms. The lowest BCUT2D eigenvalue weighted by atomic mass is 10.1. The molecule has 0 bridgehead atoms. The van der Waals surface area contributed by atoms with Crippen molar-refractivity contribution in [2.45, 2.75) is 30.4 Å². The third-order valence-corrected chi connectivity index (χ3v) is 6.41. The molecular weight excluding hydrogens is 472 g/mol. The molecule has 3 aromatic carbocycles. The van der Waals surface area contributed by atoms with Crippen LogP contribution in [0.25, 0.3) is 0 Å². The molecule has 180 valence electrons. The van der Waals surface area contributed by atoms with Gasteiger partial charge in [0.15, 0.2) is 0 Å². The summed E-state index contributed by atoms with van der Waals surface area (Å²) in [5.74, 6) is -0.657. The van der Waals surface area contributed by atoms with Gasteiger partial charge in [0.05, 0.1) is 15.1 Å². The summed E-state index contributed by atoms with van der Waals surface area (Å²) in [6.07, 6.45) is 0.530. The summed E-state index contributed by atoms with van der Waals surface area (Å²) < 4.78 is 0. The number of anilines is 2. The van der Waals surface area contributed by atoms with Gasteiger partial charge in [0, 0.05) is 46.1 Å². The van der Waals surface area contributed by atoms with Crippen LogP contribution in [0.2, 0.25) is 0 Å². The average molecular weight is 495 g/mol. The first-order valence-corrected chi connectivity index (χ1v) is 11.4. The summed E-state index contributed by atoms with van der Waals surface area (Å²) in [7, 11) is 0. The molecule has 1 atom stereocenters. The van der Waals surface area contributed by atoms with Crippen molar-refractivity contribution < 1.29 is 19.4 Å². The van der Waals surface area contributed by atoms with Gasteiger partial charge in [0.1, 0.15) is 0 Å². The van der Waals surface area contributed by atoms with Crippen molar-refractivity contribution in [1.82, 2.24) is 0 Å². The second kappa shape index (κ2) is 11.3. The number of nitro groups is 2. The maximum absolute atomic E-state index is 12.9. The van der Waals surface area contributed by atoms with Gasteiger partial charge in [-0.15, -0.1) is 11.8 Å². The van der Waals surface area contributed by atoms with Crippen LogP contribution in [0.1, 0.15) is 29.3 Å². The van der Waals surface area contributed by atoms with Gasteiger partial charge in [0.2, 0.25) is 5.91 Å². The number of rotatable bonds is 9. The average Bonchev–Trinajstić information content (AvgIpc) is 2.83. The Morgan fingerprint density at radius 2 is 1.57 bits per heavy atom. The summed E-state index contributed by atoms with van der Waals surface area (Å²) in [4.78, 5) is 46.8. The van der Waals surface area contributed by atoms with E-state index in [9.17, 15) is 29.8 Å². The zero-order valence-electron chi connectivity index (χ0n) is 18.9. The SMILES string of the molecule is CCC(Sc1cccc(NC(=O)c2ccc([N+](=O)[O-])cc2)c1)C(=O)Nc1ccc([N+](=O)[O-])cc1C. The van der Waals surface area contributed by atoms with Gasteiger partial charge in [-0.1, -0.05) is 13.0 Å². The second-order valence-electron chi connectivity index (χ2n) is 7.55. The summed E-state index contributed by atoms with van der Waals surface area (Å²) in [6.45, 7) is 3.56. The number of nitrogens with zero attached hydrogens (tertiary/aromatic N) is 2. The van der Waals surface area contributed by atoms with Gasteiger partial charge in [-0.2, -0.15) is 0 Å². The predicted octanol–water partition coefficient (Wildman–Crippen LogP) is 5.57. The van der Waals surface area contributed by atoms with Crippen LogP contribution in [0.3, 0.4) is 0 Å². The number of thioether (sulfide) groups is 1. The van der Waals surface area contributed by atoms with Gasteiger partial charge in [-0.05, 0) is 55.3 Å². The van der Waals surface area contributed by atoms with E-state index in [1.54, 1.807) is 25.1 Å². The van der Waals surface area contributed by atoms with E-state index in [1.807, 2.05) is 13.0 Å². The molecule has 2 amide bonds. The number of hydrogen-bond donors (Lipinski definition) is 2. The van der Waals surface area contributed by atoms with Crippen molar-refractivity contribution in [3.05, 3.63) is 98.1 Å². The van der Waals surface area contributed by atoms with E-state index in [1.165, 1.54) is 54.2 Å². The number of nitro benzene ring substituents is 2. The fraction of sp³-hybridized carbons (Fsp3) is 0.167. The summed E-state index contributed by atoms with van der Waals surface area (Å²) in [6, 6.07) is 16.5. The van der Waals surface area contributed by atoms with Crippen molar-refractivity contribution in [3.8, 4) is 0 Å². The topological polar surface area (TPSA) is 144 Å². The molecule has 1 unspecified atom stereocenters. The molecule has 0 aliphatic rings. The number of nitrogens with one attached hydrogen (secondary N) is 2. The minimum absolute atomic E-state index is 0.0468. The first-order chi connectivity index (χ1) is 16.7. The minimum Gasteiger partial charge on any atom is -0.325 e. The highest BCUT2D eigenvalue weighted by atomic mass is 32.2. The normalized spacial score (nSPS) is 11.4. The van der Waals surface area contributed by atoms with Gasteiger partial charge in [-0.3, -0.25) is 29.8 Å². The molecule has 11 heteroatoms. The molecule has 0 saturated heterocycles. The Bertz CT molecular complexity index is 1280. The van der Waals surface area contributed by atoms with Crippen LogP contribution < -0.4 is 10.6 Å². The number of hydrogen-bond acceptors (Lipinski definition) is 7. The highest BCUT2D eigenvalue weighted by molar-refractivity contribution is 8.00. The van der Waals surface area contributed by atoms with Gasteiger partial charge >= 0.3 is 0 Å². The molecular formula is C24H22N4O6S. The standard InChI is InChI=1S/C24H22N4O6S/c1-3-22(24(30)26-21-12-11-19(28(33)34)13-15(21)2)35-20-6-4-5-17(14-20)25-23(29)16-7-9-18(10-8-16)27(31)32/h4-14,22H,3H2,1-2H3,(H,25,29)(H,26,30). The van der Waals surface area contributed by atoms with Crippen molar-refractivity contribution in [1.29, 1.82) is 0 Å². The third-order valence-electron chi connectivity index (χ3n) is 5.05. The highest BCUT2D eigenvalue weighted by Crippen LogP contribution is 2.30. The first-order valence-electron chi connectivity index (χ1n) is 10.6. The minimum atomic E-state index is -0.536. The number of carbonyl (C=O) groups excluding carboxylic acids is 2. The molecule has 35 heavy (non-hydrogen) atoms. The molecule has 3 aromatic rings. The molecule has 10 nitrogen and oxygen atoms in total. The van der Waals surface area contributed by atoms with Crippen LogP contribution in [0, 0.1) is 27.2 Å². The number of amides is 2. The number of aryl methyl sites for hydroxylation is 1. The molecule has 2 N–H and O–H groups in total. The molecule has 0 heterocycles. The van der Waals surface area contributed by atoms with Crippen molar-refractivity contribution >= 4 is 46.3 Å². The zero-order valence-corrected chi connectivity index (χ0v) is 19.7. The Kier molecular flexibility index (Phi) is 8.16. The van der Waals surface area contributed by atoms with Gasteiger partial charge in [-0.25, -0.2) is 0 Å². The van der Waals surface area contributed by atoms with E-state index in [0.29, 0.717) is 23.4 Å². The maximum atomic E-state index is 12.9. The fourth-order valence-electron chi connectivity index (χ4n) is 3.19. The number of benzene rings is 3. The van der Waals surface area contributed by atoms with Crippen LogP contribution >= 0.6 is 11.8 Å². The lowest BCUT2D eigenvalue weighted by Crippen LogP contribution is -2.25. The van der Waals surface area contributed by atoms with Crippen LogP contribution in [0.4, 0.5) is 22.7 Å². The van der Waals surface area contributed by atoms with Crippen LogP contribution in [0.5, 0.6) is 0 Å². The Morgan fingerprint density at radius 3 is 2.17 bits per heavy atom. The first kappa shape index (κ1) is 25.4. The lowest BCUT2D eigenvalue weighted by Gasteiger charge is -2.16. The van der Waals surface area contributed by atoms with Crippen LogP contribution in [0.15, 0.2) is 71.6 Å². The monoisotopic (exact) mass is 494 g/mol. The highest BCUT2D eigenvalue weighted by Gasteiger charge is 2.20. The molecule has 3 rings (SSSR count). The largest absolute Gasteiger partial charge is 0.325 e. The van der Waals surface area contributed by atoms with Crippen LogP contribution in [-0.4, -0.2) is 26.9 Å². The fourth-order valence-corrected chi connectivity index (χ4v) is 4.20. The Balaban J connectivity index is 1.67. The lowest BCUT2D eigenvalue weighted by molar-refractivity contribution is -0.385. The van der Waals surface area contributed by atoms with E-state index in [0.717, 1.165) is 4.90 Å². The molecule has 0 aromatic heterocycles. The van der Waals surface area contributed by atoms with E-state index < -0.39 is 21.0 Å². The third kappa shape index (κ3) is 6.64. The summed E-state index contributed by atoms with van der Waals surface area (Å²) in [5, 5.41) is 26.8. The van der Waals surface area contributed by atoms with E-state index in [-0.39, 0.29) is 22.8 Å². The van der Waals surface area contributed by atoms with E-state index >= 15 is 0 Å². The number of carbonyl (C=O) groups is 2. The quantitative estimate of drug-likeness (QED) is 0.225. The summed E-state index contributed by atoms with van der Waals surface area (Å²) in [5.41, 5.74) is 1.73. The zero-order chi connectivity index (χ0) is 25.5. The van der Waals surface area contributed by atoms with E-state index in [2.05, 4.69) is 10.6 Å². The smallest absolute Gasteiger partial charge is 0.269 e. The Morgan fingerprint density at radius 1 is 0.914 bits per heavy atom. The van der Waals surface area contributed by atoms with Crippen molar-refractivity contribution in [2.75, 3.05) is 10.6 Å². The van der Waals surface area contributed by atoms with Gasteiger partial charge in [0.25, 0.3) is 17.3 Å². The van der Waals surface area contributed by atoms with Gasteiger partial charge < -0.3 is 10.6 Å². The molecule has 0 saturated carbocycles. The molecule has 0 fully saturated rings. The molecule has 0 aliphatic carbocycles. The van der Waals surface area contributed by atoms with Crippen molar-refractivity contribution in [2.24, 2.45) is 0 Å². The maximum Gasteiger partial charge on any atom is 0.269 e. The molecule has 0 aliphatic heterocycles. The van der Waals surface area contributed by atoms with Crippen molar-refractivity contribution in [3.63, 3.8) is 0 Å². The summed E-state index contributed by atoms with van der Waals surface area (Å²) >= 11 is 1.33. The Hall–Kier alpha value is -4.25. The predicted molar refractivity (Wildman–Crippen MR) is 134 cm³/mol. The van der Waals surface area contributed by atoms with E-state index in [4.69, 9.17) is 0 Å². The van der Waals surface area contributed by atoms with Crippen LogP contribution in [-0.2, 0) is 4.79 Å². The molecule has 0 radical (unpaired) electrons. The second-order valence-corrected chi connectivity index (χ2v) is 8.82. The number of non-ortho nitro benzene ring substituents is 2. The Labute approximate surface area is 205 Å².